The van der Waals surface area contributed by atoms with Crippen LogP contribution in [0.4, 0.5) is 0 Å². The minimum absolute atomic E-state index is 0.0760. The molecule has 7 heteroatoms. The maximum absolute atomic E-state index is 12.8. The molecule has 6 nitrogen and oxygen atoms in total. The third-order valence-electron chi connectivity index (χ3n) is 5.17. The Morgan fingerprint density at radius 2 is 1.68 bits per heavy atom. The van der Waals surface area contributed by atoms with Crippen molar-refractivity contribution in [3.05, 3.63) is 29.8 Å². The molecule has 2 fully saturated rings. The van der Waals surface area contributed by atoms with Gasteiger partial charge in [0.1, 0.15) is 0 Å². The largest absolute Gasteiger partial charge is 0.378 e. The zero-order valence-electron chi connectivity index (χ0n) is 14.7. The number of amides is 1. The molecule has 1 saturated heterocycles. The summed E-state index contributed by atoms with van der Waals surface area (Å²) in [6.07, 6.45) is 5.18. The van der Waals surface area contributed by atoms with Gasteiger partial charge in [0.2, 0.25) is 10.0 Å². The van der Waals surface area contributed by atoms with Gasteiger partial charge in [-0.1, -0.05) is 19.3 Å². The number of morpholine rings is 1. The second-order valence-electron chi connectivity index (χ2n) is 6.74. The summed E-state index contributed by atoms with van der Waals surface area (Å²) in [5.41, 5.74) is 0.515. The van der Waals surface area contributed by atoms with Crippen molar-refractivity contribution in [1.29, 1.82) is 0 Å². The van der Waals surface area contributed by atoms with Crippen molar-refractivity contribution in [3.63, 3.8) is 0 Å². The SMILES string of the molecule is CN(C1CCCCC1)S(=O)(=O)c1ccc(C(=O)N2CCOCC2)cc1. The van der Waals surface area contributed by atoms with Crippen LogP contribution in [0.3, 0.4) is 0 Å². The lowest BCUT2D eigenvalue weighted by Gasteiger charge is -2.30. The number of carbonyl (C=O) groups is 1. The first kappa shape index (κ1) is 18.4. The van der Waals surface area contributed by atoms with Crippen molar-refractivity contribution in [2.24, 2.45) is 0 Å². The second kappa shape index (κ2) is 7.85. The predicted molar refractivity (Wildman–Crippen MR) is 95.0 cm³/mol. The molecular weight excluding hydrogens is 340 g/mol. The molecule has 0 bridgehead atoms. The number of carbonyl (C=O) groups excluding carboxylic acids is 1. The number of benzene rings is 1. The monoisotopic (exact) mass is 366 g/mol. The van der Waals surface area contributed by atoms with E-state index in [1.165, 1.54) is 10.7 Å². The van der Waals surface area contributed by atoms with Gasteiger partial charge in [0, 0.05) is 31.7 Å². The fraction of sp³-hybridized carbons (Fsp3) is 0.611. The summed E-state index contributed by atoms with van der Waals surface area (Å²) in [5.74, 6) is -0.0760. The molecule has 0 aromatic heterocycles. The van der Waals surface area contributed by atoms with Gasteiger partial charge in [0.25, 0.3) is 5.91 Å². The Labute approximate surface area is 149 Å². The molecule has 25 heavy (non-hydrogen) atoms. The minimum Gasteiger partial charge on any atom is -0.378 e. The van der Waals surface area contributed by atoms with Gasteiger partial charge >= 0.3 is 0 Å². The molecule has 0 radical (unpaired) electrons. The molecule has 1 aliphatic heterocycles. The summed E-state index contributed by atoms with van der Waals surface area (Å²) >= 11 is 0. The lowest BCUT2D eigenvalue weighted by atomic mass is 9.96. The van der Waals surface area contributed by atoms with Gasteiger partial charge in [-0.15, -0.1) is 0 Å². The summed E-state index contributed by atoms with van der Waals surface area (Å²) in [4.78, 5) is 14.4. The Morgan fingerprint density at radius 1 is 1.08 bits per heavy atom. The second-order valence-corrected chi connectivity index (χ2v) is 8.74. The van der Waals surface area contributed by atoms with Crippen LogP contribution < -0.4 is 0 Å². The fourth-order valence-electron chi connectivity index (χ4n) is 3.53. The molecule has 0 spiro atoms. The van der Waals surface area contributed by atoms with E-state index in [1.54, 1.807) is 36.2 Å². The van der Waals surface area contributed by atoms with Crippen molar-refractivity contribution < 1.29 is 17.9 Å². The molecule has 1 aromatic rings. The average molecular weight is 366 g/mol. The van der Waals surface area contributed by atoms with Gasteiger partial charge in [0.15, 0.2) is 0 Å². The van der Waals surface area contributed by atoms with Gasteiger partial charge in [0.05, 0.1) is 18.1 Å². The van der Waals surface area contributed by atoms with Crippen molar-refractivity contribution in [1.82, 2.24) is 9.21 Å². The molecular formula is C18H26N2O4S. The highest BCUT2D eigenvalue weighted by atomic mass is 32.2. The van der Waals surface area contributed by atoms with Crippen molar-refractivity contribution in [3.8, 4) is 0 Å². The highest BCUT2D eigenvalue weighted by Gasteiger charge is 2.29. The van der Waals surface area contributed by atoms with E-state index in [9.17, 15) is 13.2 Å². The molecule has 0 atom stereocenters. The first-order valence-corrected chi connectivity index (χ1v) is 10.4. The minimum atomic E-state index is -3.52. The molecule has 0 unspecified atom stereocenters. The number of nitrogens with zero attached hydrogens (tertiary/aromatic N) is 2. The fourth-order valence-corrected chi connectivity index (χ4v) is 4.94. The van der Waals surface area contributed by atoms with E-state index in [1.807, 2.05) is 0 Å². The van der Waals surface area contributed by atoms with E-state index < -0.39 is 10.0 Å². The Morgan fingerprint density at radius 3 is 2.28 bits per heavy atom. The summed E-state index contributed by atoms with van der Waals surface area (Å²) < 4.78 is 32.4. The Balaban J connectivity index is 1.73. The number of ether oxygens (including phenoxy) is 1. The van der Waals surface area contributed by atoms with Crippen LogP contribution in [0, 0.1) is 0 Å². The van der Waals surface area contributed by atoms with E-state index in [0.717, 1.165) is 25.7 Å². The first-order chi connectivity index (χ1) is 12.0. The van der Waals surface area contributed by atoms with Crippen molar-refractivity contribution in [2.45, 2.75) is 43.0 Å². The summed E-state index contributed by atoms with van der Waals surface area (Å²) in [5, 5.41) is 0. The lowest BCUT2D eigenvalue weighted by molar-refractivity contribution is 0.0303. The van der Waals surface area contributed by atoms with E-state index in [2.05, 4.69) is 0 Å². The van der Waals surface area contributed by atoms with Crippen LogP contribution in [-0.4, -0.2) is 62.9 Å². The molecule has 1 saturated carbocycles. The van der Waals surface area contributed by atoms with Crippen molar-refractivity contribution in [2.75, 3.05) is 33.4 Å². The van der Waals surface area contributed by atoms with Gasteiger partial charge in [-0.3, -0.25) is 4.79 Å². The molecule has 1 aliphatic carbocycles. The zero-order valence-corrected chi connectivity index (χ0v) is 15.5. The number of sulfonamides is 1. The summed E-state index contributed by atoms with van der Waals surface area (Å²) in [6, 6.07) is 6.39. The number of rotatable bonds is 4. The van der Waals surface area contributed by atoms with Crippen LogP contribution in [0.25, 0.3) is 0 Å². The molecule has 3 rings (SSSR count). The maximum Gasteiger partial charge on any atom is 0.254 e. The van der Waals surface area contributed by atoms with E-state index >= 15 is 0 Å². The predicted octanol–water partition coefficient (Wildman–Crippen LogP) is 2.11. The molecule has 1 aromatic carbocycles. The van der Waals surface area contributed by atoms with E-state index in [-0.39, 0.29) is 16.8 Å². The van der Waals surface area contributed by atoms with Crippen LogP contribution >= 0.6 is 0 Å². The molecule has 0 N–H and O–H groups in total. The maximum atomic E-state index is 12.8. The standard InChI is InChI=1S/C18H26N2O4S/c1-19(16-5-3-2-4-6-16)25(22,23)17-9-7-15(8-10-17)18(21)20-11-13-24-14-12-20/h7-10,16H,2-6,11-14H2,1H3. The topological polar surface area (TPSA) is 66.9 Å². The Hall–Kier alpha value is -1.44. The van der Waals surface area contributed by atoms with Gasteiger partial charge in [-0.05, 0) is 37.1 Å². The van der Waals surface area contributed by atoms with Gasteiger partial charge in [-0.2, -0.15) is 4.31 Å². The quantitative estimate of drug-likeness (QED) is 0.819. The number of hydrogen-bond donors (Lipinski definition) is 0. The van der Waals surface area contributed by atoms with Crippen LogP contribution in [0.1, 0.15) is 42.5 Å². The Bertz CT molecular complexity index is 690. The summed E-state index contributed by atoms with van der Waals surface area (Å²) in [7, 11) is -1.85. The third-order valence-corrected chi connectivity index (χ3v) is 7.09. The van der Waals surface area contributed by atoms with Crippen LogP contribution in [-0.2, 0) is 14.8 Å². The zero-order chi connectivity index (χ0) is 17.9. The van der Waals surface area contributed by atoms with Gasteiger partial charge < -0.3 is 9.64 Å². The number of hydrogen-bond acceptors (Lipinski definition) is 4. The van der Waals surface area contributed by atoms with Crippen LogP contribution in [0.15, 0.2) is 29.2 Å². The smallest absolute Gasteiger partial charge is 0.254 e. The summed E-state index contributed by atoms with van der Waals surface area (Å²) in [6.45, 7) is 2.24. The molecule has 138 valence electrons. The third kappa shape index (κ3) is 4.04. The molecule has 1 heterocycles. The highest BCUT2D eigenvalue weighted by Crippen LogP contribution is 2.26. The van der Waals surface area contributed by atoms with E-state index in [4.69, 9.17) is 4.74 Å². The highest BCUT2D eigenvalue weighted by molar-refractivity contribution is 7.89. The lowest BCUT2D eigenvalue weighted by Crippen LogP contribution is -2.40. The van der Waals surface area contributed by atoms with E-state index in [0.29, 0.717) is 31.9 Å². The van der Waals surface area contributed by atoms with Gasteiger partial charge in [-0.25, -0.2) is 8.42 Å². The average Bonchev–Trinajstić information content (AvgIpc) is 2.68. The van der Waals surface area contributed by atoms with Crippen molar-refractivity contribution >= 4 is 15.9 Å². The van der Waals surface area contributed by atoms with Crippen LogP contribution in [0.5, 0.6) is 0 Å². The molecule has 1 amide bonds. The Kier molecular flexibility index (Phi) is 5.76. The molecule has 2 aliphatic rings. The van der Waals surface area contributed by atoms with Crippen LogP contribution in [0.2, 0.25) is 0 Å². The first-order valence-electron chi connectivity index (χ1n) is 8.95. The normalized spacial score (nSPS) is 20.0.